The standard InChI is InChI=1S/C8H12O2/c9-8-5-2-1-3-7(10-8)4-6-8/h1-2,7,9H,3-6H2/t7-,8+/m1/s1. The van der Waals surface area contributed by atoms with E-state index in [0.717, 1.165) is 19.3 Å². The van der Waals surface area contributed by atoms with Crippen molar-refractivity contribution < 1.29 is 9.84 Å². The molecule has 2 atom stereocenters. The molecule has 2 bridgehead atoms. The zero-order chi connectivity index (χ0) is 7.03. The van der Waals surface area contributed by atoms with Crippen molar-refractivity contribution in [3.8, 4) is 0 Å². The first-order valence-electron chi connectivity index (χ1n) is 3.84. The van der Waals surface area contributed by atoms with Crippen LogP contribution in [0.2, 0.25) is 0 Å². The van der Waals surface area contributed by atoms with Crippen molar-refractivity contribution in [2.24, 2.45) is 0 Å². The van der Waals surface area contributed by atoms with Crippen LogP contribution < -0.4 is 0 Å². The maximum absolute atomic E-state index is 9.63. The summed E-state index contributed by atoms with van der Waals surface area (Å²) in [4.78, 5) is 0. The van der Waals surface area contributed by atoms with Crippen molar-refractivity contribution >= 4 is 0 Å². The van der Waals surface area contributed by atoms with Gasteiger partial charge in [-0.2, -0.15) is 0 Å². The summed E-state index contributed by atoms with van der Waals surface area (Å²) < 4.78 is 5.40. The minimum atomic E-state index is -0.808. The van der Waals surface area contributed by atoms with Crippen molar-refractivity contribution in [3.05, 3.63) is 12.2 Å². The molecule has 56 valence electrons. The molecular weight excluding hydrogens is 128 g/mol. The molecule has 2 nitrogen and oxygen atoms in total. The Morgan fingerprint density at radius 2 is 2.40 bits per heavy atom. The molecule has 2 heteroatoms. The lowest BCUT2D eigenvalue weighted by Gasteiger charge is -2.19. The summed E-state index contributed by atoms with van der Waals surface area (Å²) in [7, 11) is 0. The largest absolute Gasteiger partial charge is 0.365 e. The molecule has 1 N–H and O–H groups in total. The van der Waals surface area contributed by atoms with E-state index in [0.29, 0.717) is 6.42 Å². The van der Waals surface area contributed by atoms with E-state index in [1.807, 2.05) is 6.08 Å². The van der Waals surface area contributed by atoms with E-state index in [9.17, 15) is 5.11 Å². The zero-order valence-corrected chi connectivity index (χ0v) is 5.92. The van der Waals surface area contributed by atoms with Gasteiger partial charge in [-0.1, -0.05) is 12.2 Å². The van der Waals surface area contributed by atoms with Gasteiger partial charge in [-0.3, -0.25) is 0 Å². The maximum Gasteiger partial charge on any atom is 0.169 e. The molecule has 0 unspecified atom stereocenters. The number of fused-ring (bicyclic) bond motifs is 2. The van der Waals surface area contributed by atoms with Gasteiger partial charge in [0.2, 0.25) is 0 Å². The Kier molecular flexibility index (Phi) is 1.32. The Labute approximate surface area is 60.5 Å². The van der Waals surface area contributed by atoms with Gasteiger partial charge in [0.1, 0.15) is 0 Å². The van der Waals surface area contributed by atoms with Crippen molar-refractivity contribution in [3.63, 3.8) is 0 Å². The normalized spacial score (nSPS) is 45.5. The lowest BCUT2D eigenvalue weighted by atomic mass is 10.0. The number of ether oxygens (including phenoxy) is 1. The molecule has 2 aliphatic rings. The van der Waals surface area contributed by atoms with Gasteiger partial charge in [0.25, 0.3) is 0 Å². The monoisotopic (exact) mass is 140 g/mol. The molecule has 2 heterocycles. The molecule has 0 aliphatic carbocycles. The van der Waals surface area contributed by atoms with Gasteiger partial charge in [-0.05, 0) is 12.8 Å². The van der Waals surface area contributed by atoms with Gasteiger partial charge in [-0.25, -0.2) is 0 Å². The lowest BCUT2D eigenvalue weighted by Crippen LogP contribution is -2.26. The highest BCUT2D eigenvalue weighted by Crippen LogP contribution is 2.34. The molecular formula is C8H12O2. The zero-order valence-electron chi connectivity index (χ0n) is 5.92. The third-order valence-electron chi connectivity index (χ3n) is 2.25. The molecule has 1 fully saturated rings. The van der Waals surface area contributed by atoms with E-state index < -0.39 is 5.79 Å². The second kappa shape index (κ2) is 2.07. The van der Waals surface area contributed by atoms with Crippen molar-refractivity contribution in [2.75, 3.05) is 0 Å². The van der Waals surface area contributed by atoms with Gasteiger partial charge < -0.3 is 9.84 Å². The summed E-state index contributed by atoms with van der Waals surface area (Å²) in [6, 6.07) is 0. The van der Waals surface area contributed by atoms with E-state index >= 15 is 0 Å². The van der Waals surface area contributed by atoms with Crippen LogP contribution in [0, 0.1) is 0 Å². The first-order valence-corrected chi connectivity index (χ1v) is 3.84. The van der Waals surface area contributed by atoms with E-state index in [1.54, 1.807) is 0 Å². The second-order valence-electron chi connectivity index (χ2n) is 3.14. The first kappa shape index (κ1) is 6.38. The van der Waals surface area contributed by atoms with Crippen LogP contribution in [0.5, 0.6) is 0 Å². The topological polar surface area (TPSA) is 29.5 Å². The highest BCUT2D eigenvalue weighted by Gasteiger charge is 2.37. The third kappa shape index (κ3) is 0.976. The summed E-state index contributed by atoms with van der Waals surface area (Å²) >= 11 is 0. The van der Waals surface area contributed by atoms with Gasteiger partial charge in [0, 0.05) is 12.8 Å². The van der Waals surface area contributed by atoms with E-state index in [2.05, 4.69) is 6.08 Å². The number of aliphatic hydroxyl groups is 1. The van der Waals surface area contributed by atoms with Crippen LogP contribution in [0.4, 0.5) is 0 Å². The van der Waals surface area contributed by atoms with Crippen LogP contribution in [-0.4, -0.2) is 17.0 Å². The fourth-order valence-corrected chi connectivity index (χ4v) is 1.65. The van der Waals surface area contributed by atoms with E-state index in [-0.39, 0.29) is 6.10 Å². The summed E-state index contributed by atoms with van der Waals surface area (Å²) in [5.74, 6) is -0.808. The number of hydrogen-bond donors (Lipinski definition) is 1. The van der Waals surface area contributed by atoms with Crippen LogP contribution in [0.1, 0.15) is 25.7 Å². The molecule has 0 aromatic rings. The van der Waals surface area contributed by atoms with E-state index in [4.69, 9.17) is 4.74 Å². The molecule has 1 saturated heterocycles. The van der Waals surface area contributed by atoms with Gasteiger partial charge in [0.05, 0.1) is 6.10 Å². The van der Waals surface area contributed by atoms with Gasteiger partial charge >= 0.3 is 0 Å². The minimum absolute atomic E-state index is 0.281. The SMILES string of the molecule is O[C@]12CC=CC[C@H](CC1)O2. The van der Waals surface area contributed by atoms with Crippen LogP contribution in [0.3, 0.4) is 0 Å². The Balaban J connectivity index is 2.18. The van der Waals surface area contributed by atoms with E-state index in [1.165, 1.54) is 0 Å². The summed E-state index contributed by atoms with van der Waals surface area (Å²) in [5, 5.41) is 9.63. The molecule has 0 radical (unpaired) electrons. The van der Waals surface area contributed by atoms with Crippen LogP contribution in [-0.2, 0) is 4.74 Å². The third-order valence-corrected chi connectivity index (χ3v) is 2.25. The minimum Gasteiger partial charge on any atom is -0.365 e. The molecule has 0 amide bonds. The fraction of sp³-hybridized carbons (Fsp3) is 0.750. The van der Waals surface area contributed by atoms with Crippen molar-refractivity contribution in [1.29, 1.82) is 0 Å². The van der Waals surface area contributed by atoms with Crippen LogP contribution in [0.15, 0.2) is 12.2 Å². The molecule has 0 aromatic heterocycles. The number of rotatable bonds is 0. The van der Waals surface area contributed by atoms with Gasteiger partial charge in [-0.15, -0.1) is 0 Å². The summed E-state index contributed by atoms with van der Waals surface area (Å²) in [6.45, 7) is 0. The molecule has 2 aliphatic heterocycles. The average Bonchev–Trinajstić information content (AvgIpc) is 2.11. The predicted molar refractivity (Wildman–Crippen MR) is 37.4 cm³/mol. The maximum atomic E-state index is 9.63. The smallest absolute Gasteiger partial charge is 0.169 e. The Hall–Kier alpha value is -0.340. The molecule has 0 aromatic carbocycles. The lowest BCUT2D eigenvalue weighted by molar-refractivity contribution is -0.186. The molecule has 0 saturated carbocycles. The second-order valence-corrected chi connectivity index (χ2v) is 3.14. The van der Waals surface area contributed by atoms with Gasteiger partial charge in [0.15, 0.2) is 5.79 Å². The van der Waals surface area contributed by atoms with Crippen LogP contribution in [0.25, 0.3) is 0 Å². The highest BCUT2D eigenvalue weighted by molar-refractivity contribution is 4.97. The van der Waals surface area contributed by atoms with Crippen LogP contribution >= 0.6 is 0 Å². The summed E-state index contributed by atoms with van der Waals surface area (Å²) in [6.07, 6.45) is 7.86. The Morgan fingerprint density at radius 3 is 3.30 bits per heavy atom. The Morgan fingerprint density at radius 1 is 1.50 bits per heavy atom. The predicted octanol–water partition coefficient (Wildman–Crippen LogP) is 1.20. The fourth-order valence-electron chi connectivity index (χ4n) is 1.65. The average molecular weight is 140 g/mol. The first-order chi connectivity index (χ1) is 4.79. The van der Waals surface area contributed by atoms with Crippen molar-refractivity contribution in [2.45, 2.75) is 37.6 Å². The molecule has 0 spiro atoms. The molecule has 2 rings (SSSR count). The van der Waals surface area contributed by atoms with Crippen molar-refractivity contribution in [1.82, 2.24) is 0 Å². The highest BCUT2D eigenvalue weighted by atomic mass is 16.6. The quantitative estimate of drug-likeness (QED) is 0.512. The number of hydrogen-bond acceptors (Lipinski definition) is 2. The Bertz CT molecular complexity index is 165. The molecule has 10 heavy (non-hydrogen) atoms. The summed E-state index contributed by atoms with van der Waals surface area (Å²) in [5.41, 5.74) is 0.